The highest BCUT2D eigenvalue weighted by atomic mass is 16.5. The number of hydrogen-bond donors (Lipinski definition) is 3. The number of anilines is 1. The van der Waals surface area contributed by atoms with Crippen molar-refractivity contribution >= 4 is 23.5 Å². The average Bonchev–Trinajstić information content (AvgIpc) is 2.46. The van der Waals surface area contributed by atoms with Crippen LogP contribution in [0.4, 0.5) is 5.69 Å². The molecule has 0 saturated carbocycles. The van der Waals surface area contributed by atoms with Gasteiger partial charge in [0.1, 0.15) is 0 Å². The maximum absolute atomic E-state index is 11.7. The van der Waals surface area contributed by atoms with Gasteiger partial charge in [-0.05, 0) is 24.6 Å². The number of nitrogens with two attached hydrogens (primary N) is 1. The minimum Gasteiger partial charge on any atom is -0.465 e. The van der Waals surface area contributed by atoms with Gasteiger partial charge in [-0.2, -0.15) is 0 Å². The first kappa shape index (κ1) is 15.6. The Hall–Kier alpha value is -2.41. The standard InChI is InChI=1S/C13H17N3O4/c1-8-9(13(19)20-2)4-3-5-10(8)16-12(18)7-15-11(17)6-14/h3-5H,6-7,14H2,1-2H3,(H,15,17)(H,16,18). The van der Waals surface area contributed by atoms with Crippen LogP contribution in [0.25, 0.3) is 0 Å². The predicted molar refractivity (Wildman–Crippen MR) is 73.2 cm³/mol. The van der Waals surface area contributed by atoms with Crippen molar-refractivity contribution in [3.05, 3.63) is 29.3 Å². The molecule has 7 nitrogen and oxygen atoms in total. The summed E-state index contributed by atoms with van der Waals surface area (Å²) in [6.45, 7) is 1.34. The lowest BCUT2D eigenvalue weighted by Crippen LogP contribution is -2.36. The van der Waals surface area contributed by atoms with Gasteiger partial charge in [-0.3, -0.25) is 9.59 Å². The maximum Gasteiger partial charge on any atom is 0.338 e. The van der Waals surface area contributed by atoms with Crippen molar-refractivity contribution in [2.75, 3.05) is 25.5 Å². The topological polar surface area (TPSA) is 111 Å². The molecule has 0 radical (unpaired) electrons. The first-order valence-corrected chi connectivity index (χ1v) is 5.94. The summed E-state index contributed by atoms with van der Waals surface area (Å²) in [6.07, 6.45) is 0. The van der Waals surface area contributed by atoms with E-state index in [4.69, 9.17) is 5.73 Å². The summed E-state index contributed by atoms with van der Waals surface area (Å²) in [5.41, 5.74) is 6.56. The highest BCUT2D eigenvalue weighted by Gasteiger charge is 2.13. The summed E-state index contributed by atoms with van der Waals surface area (Å²) in [5, 5.41) is 4.96. The van der Waals surface area contributed by atoms with E-state index >= 15 is 0 Å². The number of amides is 2. The molecule has 0 aromatic heterocycles. The molecule has 0 aliphatic heterocycles. The van der Waals surface area contributed by atoms with Gasteiger partial charge in [0.15, 0.2) is 0 Å². The van der Waals surface area contributed by atoms with Gasteiger partial charge in [0, 0.05) is 5.69 Å². The molecule has 0 atom stereocenters. The summed E-state index contributed by atoms with van der Waals surface area (Å²) in [5.74, 6) is -1.30. The molecule has 108 valence electrons. The smallest absolute Gasteiger partial charge is 0.338 e. The van der Waals surface area contributed by atoms with Crippen molar-refractivity contribution in [3.8, 4) is 0 Å². The zero-order chi connectivity index (χ0) is 15.1. The van der Waals surface area contributed by atoms with Crippen molar-refractivity contribution in [2.45, 2.75) is 6.92 Å². The Bertz CT molecular complexity index is 528. The fourth-order valence-corrected chi connectivity index (χ4v) is 1.55. The van der Waals surface area contributed by atoms with Crippen molar-refractivity contribution in [3.63, 3.8) is 0 Å². The number of benzene rings is 1. The van der Waals surface area contributed by atoms with Gasteiger partial charge in [0.05, 0.1) is 25.8 Å². The SMILES string of the molecule is COC(=O)c1cccc(NC(=O)CNC(=O)CN)c1C. The molecule has 0 bridgehead atoms. The zero-order valence-corrected chi connectivity index (χ0v) is 11.4. The molecule has 0 unspecified atom stereocenters. The molecular weight excluding hydrogens is 262 g/mol. The monoisotopic (exact) mass is 279 g/mol. The summed E-state index contributed by atoms with van der Waals surface area (Å²) >= 11 is 0. The predicted octanol–water partition coefficient (Wildman–Crippen LogP) is -0.205. The van der Waals surface area contributed by atoms with E-state index in [1.165, 1.54) is 7.11 Å². The van der Waals surface area contributed by atoms with Crippen LogP contribution in [0.1, 0.15) is 15.9 Å². The molecule has 20 heavy (non-hydrogen) atoms. The van der Waals surface area contributed by atoms with Crippen LogP contribution in [0.2, 0.25) is 0 Å². The molecule has 1 aromatic rings. The fraction of sp³-hybridized carbons (Fsp3) is 0.308. The number of rotatable bonds is 5. The van der Waals surface area contributed by atoms with E-state index in [1.807, 2.05) is 0 Å². The molecule has 1 aromatic carbocycles. The number of hydrogen-bond acceptors (Lipinski definition) is 5. The van der Waals surface area contributed by atoms with E-state index in [2.05, 4.69) is 15.4 Å². The van der Waals surface area contributed by atoms with Crippen molar-refractivity contribution in [1.29, 1.82) is 0 Å². The summed E-state index contributed by atoms with van der Waals surface area (Å²) in [6, 6.07) is 4.89. The molecular formula is C13H17N3O4. The summed E-state index contributed by atoms with van der Waals surface area (Å²) in [4.78, 5) is 34.1. The van der Waals surface area contributed by atoms with E-state index in [0.717, 1.165) is 0 Å². The van der Waals surface area contributed by atoms with E-state index in [9.17, 15) is 14.4 Å². The lowest BCUT2D eigenvalue weighted by atomic mass is 10.1. The van der Waals surface area contributed by atoms with Crippen LogP contribution in [0.5, 0.6) is 0 Å². The minimum absolute atomic E-state index is 0.176. The molecule has 4 N–H and O–H groups in total. The van der Waals surface area contributed by atoms with E-state index < -0.39 is 17.8 Å². The number of carbonyl (C=O) groups excluding carboxylic acids is 3. The van der Waals surface area contributed by atoms with E-state index in [1.54, 1.807) is 25.1 Å². The van der Waals surface area contributed by atoms with Gasteiger partial charge in [-0.1, -0.05) is 6.07 Å². The molecule has 0 heterocycles. The molecule has 1 rings (SSSR count). The third kappa shape index (κ3) is 4.06. The molecule has 0 aliphatic carbocycles. The Morgan fingerprint density at radius 1 is 1.25 bits per heavy atom. The second-order valence-electron chi connectivity index (χ2n) is 4.00. The Balaban J connectivity index is 2.75. The Kier molecular flexibility index (Phi) is 5.67. The second-order valence-corrected chi connectivity index (χ2v) is 4.00. The lowest BCUT2D eigenvalue weighted by Gasteiger charge is -2.11. The van der Waals surface area contributed by atoms with Gasteiger partial charge in [0.25, 0.3) is 0 Å². The third-order valence-electron chi connectivity index (χ3n) is 2.64. The average molecular weight is 279 g/mol. The van der Waals surface area contributed by atoms with Gasteiger partial charge < -0.3 is 21.1 Å². The molecule has 0 saturated heterocycles. The quantitative estimate of drug-likeness (QED) is 0.646. The number of methoxy groups -OCH3 is 1. The van der Waals surface area contributed by atoms with Gasteiger partial charge in [-0.15, -0.1) is 0 Å². The van der Waals surface area contributed by atoms with E-state index in [0.29, 0.717) is 16.8 Å². The first-order valence-electron chi connectivity index (χ1n) is 5.94. The number of nitrogens with one attached hydrogen (secondary N) is 2. The molecule has 0 fully saturated rings. The second kappa shape index (κ2) is 7.25. The van der Waals surface area contributed by atoms with Crippen LogP contribution in [0.15, 0.2) is 18.2 Å². The molecule has 7 heteroatoms. The van der Waals surface area contributed by atoms with E-state index in [-0.39, 0.29) is 13.1 Å². The van der Waals surface area contributed by atoms with Crippen LogP contribution in [-0.4, -0.2) is 38.0 Å². The molecule has 0 aliphatic rings. The Morgan fingerprint density at radius 3 is 2.55 bits per heavy atom. The van der Waals surface area contributed by atoms with Gasteiger partial charge in [-0.25, -0.2) is 4.79 Å². The first-order chi connectivity index (χ1) is 9.49. The highest BCUT2D eigenvalue weighted by molar-refractivity contribution is 5.98. The van der Waals surface area contributed by atoms with Crippen LogP contribution < -0.4 is 16.4 Å². The molecule has 2 amide bonds. The number of ether oxygens (including phenoxy) is 1. The van der Waals surface area contributed by atoms with Crippen LogP contribution in [-0.2, 0) is 14.3 Å². The molecule has 0 spiro atoms. The third-order valence-corrected chi connectivity index (χ3v) is 2.64. The van der Waals surface area contributed by atoms with Crippen molar-refractivity contribution in [2.24, 2.45) is 5.73 Å². The van der Waals surface area contributed by atoms with Crippen LogP contribution in [0, 0.1) is 6.92 Å². The largest absolute Gasteiger partial charge is 0.465 e. The minimum atomic E-state index is -0.477. The normalized spacial score (nSPS) is 9.75. The number of esters is 1. The zero-order valence-electron chi connectivity index (χ0n) is 11.4. The summed E-state index contributed by atoms with van der Waals surface area (Å²) in [7, 11) is 1.29. The number of carbonyl (C=O) groups is 3. The maximum atomic E-state index is 11.7. The Labute approximate surface area is 116 Å². The van der Waals surface area contributed by atoms with Crippen molar-refractivity contribution < 1.29 is 19.1 Å². The Morgan fingerprint density at radius 2 is 1.95 bits per heavy atom. The van der Waals surface area contributed by atoms with Gasteiger partial charge in [0.2, 0.25) is 11.8 Å². The van der Waals surface area contributed by atoms with Gasteiger partial charge >= 0.3 is 5.97 Å². The highest BCUT2D eigenvalue weighted by Crippen LogP contribution is 2.19. The van der Waals surface area contributed by atoms with Crippen LogP contribution >= 0.6 is 0 Å². The van der Waals surface area contributed by atoms with Crippen molar-refractivity contribution in [1.82, 2.24) is 5.32 Å². The summed E-state index contributed by atoms with van der Waals surface area (Å²) < 4.78 is 4.65. The fourth-order valence-electron chi connectivity index (χ4n) is 1.55. The lowest BCUT2D eigenvalue weighted by molar-refractivity contribution is -0.123. The van der Waals surface area contributed by atoms with Crippen LogP contribution in [0.3, 0.4) is 0 Å².